The number of hydrogen-bond acceptors (Lipinski definition) is 4. The Balaban J connectivity index is 1.72. The number of ether oxygens (including phenoxy) is 1. The van der Waals surface area contributed by atoms with Gasteiger partial charge in [0.2, 0.25) is 11.8 Å². The van der Waals surface area contributed by atoms with Gasteiger partial charge in [-0.2, -0.15) is 0 Å². The van der Waals surface area contributed by atoms with E-state index in [1.807, 2.05) is 24.3 Å². The summed E-state index contributed by atoms with van der Waals surface area (Å²) in [5, 5.41) is 6.43. The summed E-state index contributed by atoms with van der Waals surface area (Å²) >= 11 is 0. The number of carbonyl (C=O) groups excluding carboxylic acids is 1. The molecule has 0 radical (unpaired) electrons. The Labute approximate surface area is 138 Å². The van der Waals surface area contributed by atoms with Crippen LogP contribution in [-0.4, -0.2) is 18.2 Å². The van der Waals surface area contributed by atoms with E-state index in [1.54, 1.807) is 19.2 Å². The van der Waals surface area contributed by atoms with Gasteiger partial charge in [0.1, 0.15) is 11.6 Å². The fraction of sp³-hybridized carbons (Fsp3) is 0.111. The van der Waals surface area contributed by atoms with Crippen LogP contribution in [0.2, 0.25) is 0 Å². The Morgan fingerprint density at radius 1 is 1.17 bits per heavy atom. The number of halogens is 1. The zero-order chi connectivity index (χ0) is 16.9. The summed E-state index contributed by atoms with van der Waals surface area (Å²) in [5.41, 5.74) is 2.22. The van der Waals surface area contributed by atoms with Gasteiger partial charge in [0.05, 0.1) is 25.3 Å². The minimum Gasteiger partial charge on any atom is -0.497 e. The number of rotatable bonds is 5. The van der Waals surface area contributed by atoms with Crippen molar-refractivity contribution in [1.29, 1.82) is 0 Å². The highest BCUT2D eigenvalue weighted by Crippen LogP contribution is 2.29. The Kier molecular flexibility index (Phi) is 4.56. The monoisotopic (exact) mass is 326 g/mol. The maximum Gasteiger partial charge on any atom is 0.239 e. The van der Waals surface area contributed by atoms with Gasteiger partial charge in [-0.3, -0.25) is 10.1 Å². The number of methoxy groups -OCH3 is 1. The summed E-state index contributed by atoms with van der Waals surface area (Å²) in [6.07, 6.45) is 1.65. The largest absolute Gasteiger partial charge is 0.497 e. The van der Waals surface area contributed by atoms with Gasteiger partial charge in [-0.25, -0.2) is 4.39 Å². The number of amides is 1. The predicted molar refractivity (Wildman–Crippen MR) is 87.2 cm³/mol. The lowest BCUT2D eigenvalue weighted by Gasteiger charge is -2.05. The Bertz CT molecular complexity index is 826. The highest BCUT2D eigenvalue weighted by atomic mass is 19.1. The quantitative estimate of drug-likeness (QED) is 0.777. The van der Waals surface area contributed by atoms with Crippen molar-refractivity contribution < 1.29 is 18.4 Å². The van der Waals surface area contributed by atoms with E-state index in [0.29, 0.717) is 11.1 Å². The van der Waals surface area contributed by atoms with Crippen molar-refractivity contribution in [3.63, 3.8) is 0 Å². The summed E-state index contributed by atoms with van der Waals surface area (Å²) in [6.45, 7) is 0. The number of nitrogens with zero attached hydrogens (tertiary/aromatic N) is 1. The average molecular weight is 326 g/mol. The molecule has 0 atom stereocenters. The second-order valence-electron chi connectivity index (χ2n) is 5.15. The standard InChI is InChI=1S/C18H15FN2O3/c1-23-15-8-4-13(5-9-15)16-11-20-24-18(16)21-17(22)10-12-2-6-14(19)7-3-12/h2-9,11H,10H2,1H3,(H,21,22). The lowest BCUT2D eigenvalue weighted by Crippen LogP contribution is -2.14. The van der Waals surface area contributed by atoms with Crippen LogP contribution in [0.15, 0.2) is 59.3 Å². The number of carbonyl (C=O) groups is 1. The van der Waals surface area contributed by atoms with E-state index in [1.165, 1.54) is 18.3 Å². The number of anilines is 1. The maximum absolute atomic E-state index is 12.9. The molecule has 5 nitrogen and oxygen atoms in total. The minimum absolute atomic E-state index is 0.114. The molecule has 0 spiro atoms. The van der Waals surface area contributed by atoms with Crippen molar-refractivity contribution >= 4 is 11.8 Å². The Morgan fingerprint density at radius 2 is 1.88 bits per heavy atom. The van der Waals surface area contributed by atoms with Crippen molar-refractivity contribution in [1.82, 2.24) is 5.16 Å². The first-order chi connectivity index (χ1) is 11.7. The molecule has 3 rings (SSSR count). The van der Waals surface area contributed by atoms with E-state index in [9.17, 15) is 9.18 Å². The molecule has 2 aromatic carbocycles. The van der Waals surface area contributed by atoms with Crippen molar-refractivity contribution in [2.45, 2.75) is 6.42 Å². The molecule has 0 unspecified atom stereocenters. The topological polar surface area (TPSA) is 64.4 Å². The van der Waals surface area contributed by atoms with Gasteiger partial charge >= 0.3 is 0 Å². The van der Waals surface area contributed by atoms with E-state index in [2.05, 4.69) is 10.5 Å². The predicted octanol–water partition coefficient (Wildman–Crippen LogP) is 3.67. The van der Waals surface area contributed by atoms with E-state index < -0.39 is 0 Å². The molecule has 0 fully saturated rings. The molecule has 1 N–H and O–H groups in total. The number of benzene rings is 2. The molecule has 0 saturated carbocycles. The Morgan fingerprint density at radius 3 is 2.54 bits per heavy atom. The van der Waals surface area contributed by atoms with Gasteiger partial charge in [-0.1, -0.05) is 29.4 Å². The normalized spacial score (nSPS) is 10.4. The molecular weight excluding hydrogens is 311 g/mol. The van der Waals surface area contributed by atoms with E-state index in [-0.39, 0.29) is 24.0 Å². The van der Waals surface area contributed by atoms with Gasteiger partial charge < -0.3 is 9.26 Å². The van der Waals surface area contributed by atoms with Gasteiger partial charge in [0.15, 0.2) is 0 Å². The summed E-state index contributed by atoms with van der Waals surface area (Å²) in [7, 11) is 1.59. The summed E-state index contributed by atoms with van der Waals surface area (Å²) in [4.78, 5) is 12.1. The lowest BCUT2D eigenvalue weighted by atomic mass is 10.1. The third kappa shape index (κ3) is 3.60. The number of hydrogen-bond donors (Lipinski definition) is 1. The second-order valence-corrected chi connectivity index (χ2v) is 5.15. The molecule has 0 aliphatic carbocycles. The third-order valence-electron chi connectivity index (χ3n) is 3.50. The van der Waals surface area contributed by atoms with Crippen LogP contribution in [0.25, 0.3) is 11.1 Å². The number of aromatic nitrogens is 1. The Hall–Kier alpha value is -3.15. The molecule has 122 valence electrons. The molecule has 1 amide bonds. The SMILES string of the molecule is COc1ccc(-c2cnoc2NC(=O)Cc2ccc(F)cc2)cc1. The van der Waals surface area contributed by atoms with Crippen LogP contribution in [0.5, 0.6) is 5.75 Å². The van der Waals surface area contributed by atoms with Crippen molar-refractivity contribution in [3.05, 3.63) is 66.1 Å². The smallest absolute Gasteiger partial charge is 0.239 e. The maximum atomic E-state index is 12.9. The van der Waals surface area contributed by atoms with Gasteiger partial charge in [-0.15, -0.1) is 0 Å². The van der Waals surface area contributed by atoms with E-state index >= 15 is 0 Å². The second kappa shape index (κ2) is 6.95. The fourth-order valence-electron chi connectivity index (χ4n) is 2.26. The summed E-state index contributed by atoms with van der Waals surface area (Å²) < 4.78 is 23.1. The molecule has 1 aromatic heterocycles. The molecule has 0 aliphatic heterocycles. The van der Waals surface area contributed by atoms with E-state index in [4.69, 9.17) is 9.26 Å². The zero-order valence-corrected chi connectivity index (χ0v) is 13.0. The van der Waals surface area contributed by atoms with Crippen LogP contribution >= 0.6 is 0 Å². The average Bonchev–Trinajstić information content (AvgIpc) is 3.05. The van der Waals surface area contributed by atoms with Crippen LogP contribution in [0.1, 0.15) is 5.56 Å². The van der Waals surface area contributed by atoms with Crippen LogP contribution in [0.4, 0.5) is 10.3 Å². The van der Waals surface area contributed by atoms with Crippen LogP contribution in [0, 0.1) is 5.82 Å². The minimum atomic E-state index is -0.337. The first kappa shape index (κ1) is 15.7. The fourth-order valence-corrected chi connectivity index (χ4v) is 2.26. The molecule has 0 aliphatic rings. The van der Waals surface area contributed by atoms with Gasteiger partial charge in [0.25, 0.3) is 0 Å². The molecule has 0 bridgehead atoms. The van der Waals surface area contributed by atoms with Crippen LogP contribution in [0.3, 0.4) is 0 Å². The van der Waals surface area contributed by atoms with E-state index in [0.717, 1.165) is 11.3 Å². The van der Waals surface area contributed by atoms with Crippen LogP contribution in [-0.2, 0) is 11.2 Å². The van der Waals surface area contributed by atoms with Crippen molar-refractivity contribution in [3.8, 4) is 16.9 Å². The third-order valence-corrected chi connectivity index (χ3v) is 3.50. The summed E-state index contributed by atoms with van der Waals surface area (Å²) in [6, 6.07) is 13.1. The molecule has 1 heterocycles. The highest BCUT2D eigenvalue weighted by Gasteiger charge is 2.14. The molecule has 0 saturated heterocycles. The van der Waals surface area contributed by atoms with Crippen molar-refractivity contribution in [2.75, 3.05) is 12.4 Å². The van der Waals surface area contributed by atoms with Gasteiger partial charge in [-0.05, 0) is 35.4 Å². The molecular formula is C18H15FN2O3. The molecule has 3 aromatic rings. The van der Waals surface area contributed by atoms with Crippen molar-refractivity contribution in [2.24, 2.45) is 0 Å². The van der Waals surface area contributed by atoms with Crippen LogP contribution < -0.4 is 10.1 Å². The first-order valence-electron chi connectivity index (χ1n) is 7.29. The molecule has 24 heavy (non-hydrogen) atoms. The lowest BCUT2D eigenvalue weighted by molar-refractivity contribution is -0.115. The van der Waals surface area contributed by atoms with Gasteiger partial charge in [0, 0.05) is 0 Å². The first-order valence-corrected chi connectivity index (χ1v) is 7.29. The summed E-state index contributed by atoms with van der Waals surface area (Å²) in [5.74, 6) is 0.397. The molecule has 6 heteroatoms. The highest BCUT2D eigenvalue weighted by molar-refractivity contribution is 5.94. The number of nitrogens with one attached hydrogen (secondary N) is 1. The zero-order valence-electron chi connectivity index (χ0n) is 13.0.